The minimum atomic E-state index is -1.13. The van der Waals surface area contributed by atoms with Crippen molar-refractivity contribution in [1.82, 2.24) is 0 Å². The van der Waals surface area contributed by atoms with Gasteiger partial charge in [0.15, 0.2) is 0 Å². The highest BCUT2D eigenvalue weighted by molar-refractivity contribution is 7.10. The molecule has 0 saturated heterocycles. The lowest BCUT2D eigenvalue weighted by Crippen LogP contribution is -2.44. The summed E-state index contributed by atoms with van der Waals surface area (Å²) in [5.74, 6) is -0.811. The molecule has 1 amide bonds. The first-order valence-corrected chi connectivity index (χ1v) is 9.13. The zero-order valence-corrected chi connectivity index (χ0v) is 14.6. The number of para-hydroxylation sites is 1. The summed E-state index contributed by atoms with van der Waals surface area (Å²) < 4.78 is 0. The number of benzene rings is 2. The summed E-state index contributed by atoms with van der Waals surface area (Å²) in [5, 5.41) is 16.4. The van der Waals surface area contributed by atoms with Crippen LogP contribution in [0, 0.1) is 10.1 Å². The monoisotopic (exact) mass is 364 g/mol. The van der Waals surface area contributed by atoms with Gasteiger partial charge in [-0.15, -0.1) is 11.3 Å². The number of fused-ring (bicyclic) bond motifs is 1. The van der Waals surface area contributed by atoms with Crippen LogP contribution in [0.2, 0.25) is 0 Å². The van der Waals surface area contributed by atoms with E-state index in [0.29, 0.717) is 5.69 Å². The molecule has 1 aliphatic heterocycles. The van der Waals surface area contributed by atoms with Crippen molar-refractivity contribution < 1.29 is 9.72 Å². The van der Waals surface area contributed by atoms with Crippen LogP contribution in [0.1, 0.15) is 21.9 Å². The fraction of sp³-hybridized carbons (Fsp3) is 0.150. The maximum Gasteiger partial charge on any atom is 0.240 e. The van der Waals surface area contributed by atoms with Crippen LogP contribution in [0.3, 0.4) is 0 Å². The predicted molar refractivity (Wildman–Crippen MR) is 101 cm³/mol. The van der Waals surface area contributed by atoms with Gasteiger partial charge < -0.3 is 5.32 Å². The zero-order valence-electron chi connectivity index (χ0n) is 13.8. The maximum absolute atomic E-state index is 13.3. The van der Waals surface area contributed by atoms with Gasteiger partial charge in [0.1, 0.15) is 5.41 Å². The topological polar surface area (TPSA) is 72.2 Å². The fourth-order valence-electron chi connectivity index (χ4n) is 3.89. The molecule has 2 heterocycles. The Labute approximate surface area is 154 Å². The molecule has 0 bridgehead atoms. The molecule has 0 aliphatic carbocycles. The van der Waals surface area contributed by atoms with Crippen molar-refractivity contribution in [2.45, 2.75) is 11.3 Å². The van der Waals surface area contributed by atoms with Crippen LogP contribution in [0.25, 0.3) is 0 Å². The summed E-state index contributed by atoms with van der Waals surface area (Å²) in [7, 11) is 0. The number of hydrogen-bond acceptors (Lipinski definition) is 4. The quantitative estimate of drug-likeness (QED) is 0.548. The van der Waals surface area contributed by atoms with Gasteiger partial charge >= 0.3 is 0 Å². The van der Waals surface area contributed by atoms with Crippen LogP contribution in [0.4, 0.5) is 5.69 Å². The standard InChI is InChI=1S/C20H16N2O3S/c23-19-20(14-7-2-1-3-8-14,15-9-4-5-10-17(15)21-19)16(13-22(24)25)18-11-6-12-26-18/h1-12,16H,13H2,(H,21,23)/t16-,20-/m0/s1. The Morgan fingerprint density at radius 3 is 2.46 bits per heavy atom. The molecule has 0 radical (unpaired) electrons. The second kappa shape index (κ2) is 6.38. The minimum Gasteiger partial charge on any atom is -0.325 e. The first-order chi connectivity index (χ1) is 12.6. The smallest absolute Gasteiger partial charge is 0.240 e. The second-order valence-corrected chi connectivity index (χ2v) is 7.24. The Morgan fingerprint density at radius 1 is 1.04 bits per heavy atom. The summed E-state index contributed by atoms with van der Waals surface area (Å²) in [4.78, 5) is 25.4. The van der Waals surface area contributed by atoms with Crippen molar-refractivity contribution in [3.8, 4) is 0 Å². The van der Waals surface area contributed by atoms with E-state index in [9.17, 15) is 14.9 Å². The third-order valence-corrected chi connectivity index (χ3v) is 5.91. The summed E-state index contributed by atoms with van der Waals surface area (Å²) in [6.07, 6.45) is 0. The van der Waals surface area contributed by atoms with E-state index >= 15 is 0 Å². The molecule has 1 N–H and O–H groups in total. The highest BCUT2D eigenvalue weighted by Crippen LogP contribution is 2.52. The van der Waals surface area contributed by atoms with Gasteiger partial charge in [0.2, 0.25) is 12.5 Å². The van der Waals surface area contributed by atoms with Gasteiger partial charge in [0.05, 0.1) is 5.92 Å². The molecule has 6 heteroatoms. The number of amides is 1. The fourth-order valence-corrected chi connectivity index (χ4v) is 4.78. The SMILES string of the molecule is O=C1Nc2ccccc2[C@@]1(c1ccccc1)[C@@H](C[N+](=O)[O-])c1cccs1. The molecular formula is C20H16N2O3S. The van der Waals surface area contributed by atoms with Crippen LogP contribution >= 0.6 is 11.3 Å². The molecule has 0 fully saturated rings. The summed E-state index contributed by atoms with van der Waals surface area (Å²) in [6.45, 7) is -0.322. The molecule has 1 aromatic heterocycles. The number of carbonyl (C=O) groups excluding carboxylic acids is 1. The van der Waals surface area contributed by atoms with Crippen molar-refractivity contribution in [2.75, 3.05) is 11.9 Å². The molecule has 5 nitrogen and oxygen atoms in total. The Hall–Kier alpha value is -2.99. The van der Waals surface area contributed by atoms with Crippen LogP contribution in [0.15, 0.2) is 72.1 Å². The molecule has 130 valence electrons. The first-order valence-electron chi connectivity index (χ1n) is 8.25. The average molecular weight is 364 g/mol. The Kier molecular flexibility index (Phi) is 4.05. The Bertz CT molecular complexity index is 956. The van der Waals surface area contributed by atoms with Gasteiger partial charge in [0.25, 0.3) is 0 Å². The zero-order chi connectivity index (χ0) is 18.1. The molecule has 0 unspecified atom stereocenters. The van der Waals surface area contributed by atoms with E-state index in [0.717, 1.165) is 16.0 Å². The number of carbonyl (C=O) groups is 1. The van der Waals surface area contributed by atoms with Crippen molar-refractivity contribution in [2.24, 2.45) is 0 Å². The molecule has 0 spiro atoms. The maximum atomic E-state index is 13.3. The molecule has 0 saturated carbocycles. The van der Waals surface area contributed by atoms with Gasteiger partial charge in [-0.05, 0) is 28.6 Å². The molecule has 4 rings (SSSR count). The average Bonchev–Trinajstić information content (AvgIpc) is 3.27. The largest absolute Gasteiger partial charge is 0.325 e. The van der Waals surface area contributed by atoms with Crippen LogP contribution in [-0.4, -0.2) is 17.4 Å². The minimum absolute atomic E-state index is 0.217. The Balaban J connectivity index is 2.03. The van der Waals surface area contributed by atoms with Crippen LogP contribution < -0.4 is 5.32 Å². The van der Waals surface area contributed by atoms with Crippen LogP contribution in [-0.2, 0) is 10.2 Å². The van der Waals surface area contributed by atoms with E-state index in [1.165, 1.54) is 11.3 Å². The molecular weight excluding hydrogens is 348 g/mol. The highest BCUT2D eigenvalue weighted by Gasteiger charge is 2.56. The summed E-state index contributed by atoms with van der Waals surface area (Å²) >= 11 is 1.45. The van der Waals surface area contributed by atoms with E-state index in [4.69, 9.17) is 0 Å². The lowest BCUT2D eigenvalue weighted by Gasteiger charge is -2.34. The first kappa shape index (κ1) is 16.5. The predicted octanol–water partition coefficient (Wildman–Crippen LogP) is 4.05. The molecule has 2 aromatic carbocycles. The van der Waals surface area contributed by atoms with Gasteiger partial charge in [-0.1, -0.05) is 54.6 Å². The lowest BCUT2D eigenvalue weighted by atomic mass is 9.65. The number of nitrogens with one attached hydrogen (secondary N) is 1. The number of nitro groups is 1. The van der Waals surface area contributed by atoms with Crippen molar-refractivity contribution >= 4 is 22.9 Å². The lowest BCUT2D eigenvalue weighted by molar-refractivity contribution is -0.484. The molecule has 26 heavy (non-hydrogen) atoms. The number of rotatable bonds is 5. The normalized spacial score (nSPS) is 19.6. The van der Waals surface area contributed by atoms with Crippen molar-refractivity contribution in [3.63, 3.8) is 0 Å². The summed E-state index contributed by atoms with van der Waals surface area (Å²) in [6, 6.07) is 20.6. The second-order valence-electron chi connectivity index (χ2n) is 6.26. The van der Waals surface area contributed by atoms with Gasteiger partial charge in [-0.25, -0.2) is 0 Å². The number of anilines is 1. The Morgan fingerprint density at radius 2 is 1.77 bits per heavy atom. The third-order valence-electron chi connectivity index (χ3n) is 4.93. The molecule has 2 atom stereocenters. The highest BCUT2D eigenvalue weighted by atomic mass is 32.1. The van der Waals surface area contributed by atoms with Gasteiger partial charge in [0, 0.05) is 15.5 Å². The van der Waals surface area contributed by atoms with E-state index in [1.54, 1.807) is 0 Å². The van der Waals surface area contributed by atoms with Gasteiger partial charge in [-0.3, -0.25) is 14.9 Å². The van der Waals surface area contributed by atoms with E-state index in [2.05, 4.69) is 5.32 Å². The third kappa shape index (κ3) is 2.42. The van der Waals surface area contributed by atoms with E-state index in [-0.39, 0.29) is 17.4 Å². The summed E-state index contributed by atoms with van der Waals surface area (Å²) in [5.41, 5.74) is 1.14. The number of thiophene rings is 1. The van der Waals surface area contributed by atoms with E-state index < -0.39 is 11.3 Å². The van der Waals surface area contributed by atoms with Crippen molar-refractivity contribution in [1.29, 1.82) is 0 Å². The number of hydrogen-bond donors (Lipinski definition) is 1. The van der Waals surface area contributed by atoms with Crippen molar-refractivity contribution in [3.05, 3.63) is 98.2 Å². The van der Waals surface area contributed by atoms with Crippen LogP contribution in [0.5, 0.6) is 0 Å². The molecule has 3 aromatic rings. The van der Waals surface area contributed by atoms with Gasteiger partial charge in [-0.2, -0.15) is 0 Å². The molecule has 1 aliphatic rings. The number of nitrogens with zero attached hydrogens (tertiary/aromatic N) is 1. The van der Waals surface area contributed by atoms with E-state index in [1.807, 2.05) is 72.1 Å².